The van der Waals surface area contributed by atoms with Gasteiger partial charge in [0.25, 0.3) is 11.1 Å². The molecule has 0 atom stereocenters. The molecule has 94 valence electrons. The molecule has 0 aliphatic carbocycles. The smallest absolute Gasteiger partial charge is 0.303 e. The number of nitrogens with one attached hydrogen (secondary N) is 1. The number of hydrogen-bond donors (Lipinski definition) is 2. The lowest BCUT2D eigenvalue weighted by Gasteiger charge is -2.05. The zero-order valence-corrected chi connectivity index (χ0v) is 9.55. The molecule has 0 fully saturated rings. The van der Waals surface area contributed by atoms with Crippen molar-refractivity contribution < 1.29 is 9.90 Å². The number of fused-ring (bicyclic) bond motifs is 1. The van der Waals surface area contributed by atoms with Gasteiger partial charge >= 0.3 is 5.97 Å². The molecule has 0 radical (unpaired) electrons. The van der Waals surface area contributed by atoms with Crippen LogP contribution < -0.4 is 11.1 Å². The molecule has 0 amide bonds. The molecule has 0 bridgehead atoms. The lowest BCUT2D eigenvalue weighted by molar-refractivity contribution is -0.137. The standard InChI is InChI=1S/C12H12N2O4/c15-10(16)6-3-7-14-12(18)9-5-2-1-4-8(9)11(17)13-14/h1-2,4-5H,3,6-7H2,(H,13,17)(H,15,16). The SMILES string of the molecule is O=C(O)CCCn1[nH]c(=O)c2ccccc2c1=O. The van der Waals surface area contributed by atoms with Crippen LogP contribution in [-0.4, -0.2) is 20.9 Å². The number of hydrogen-bond acceptors (Lipinski definition) is 3. The van der Waals surface area contributed by atoms with E-state index >= 15 is 0 Å². The van der Waals surface area contributed by atoms with E-state index in [0.29, 0.717) is 17.2 Å². The second-order valence-corrected chi connectivity index (χ2v) is 3.94. The van der Waals surface area contributed by atoms with E-state index in [-0.39, 0.29) is 24.1 Å². The summed E-state index contributed by atoms with van der Waals surface area (Å²) in [6.45, 7) is 0.186. The molecule has 6 heteroatoms. The average molecular weight is 248 g/mol. The summed E-state index contributed by atoms with van der Waals surface area (Å²) in [5.74, 6) is -0.925. The van der Waals surface area contributed by atoms with E-state index in [0.717, 1.165) is 4.68 Å². The molecule has 0 saturated carbocycles. The second-order valence-electron chi connectivity index (χ2n) is 3.94. The van der Waals surface area contributed by atoms with Crippen LogP contribution in [0.2, 0.25) is 0 Å². The van der Waals surface area contributed by atoms with Gasteiger partial charge in [0.1, 0.15) is 0 Å². The first-order valence-corrected chi connectivity index (χ1v) is 5.53. The van der Waals surface area contributed by atoms with E-state index in [1.54, 1.807) is 24.3 Å². The number of carboxylic acids is 1. The highest BCUT2D eigenvalue weighted by molar-refractivity contribution is 5.80. The molecule has 0 spiro atoms. The molecular formula is C12H12N2O4. The first-order chi connectivity index (χ1) is 8.59. The van der Waals surface area contributed by atoms with Gasteiger partial charge in [0.05, 0.1) is 10.8 Å². The highest BCUT2D eigenvalue weighted by Crippen LogP contribution is 2.02. The molecule has 0 aliphatic heterocycles. The van der Waals surface area contributed by atoms with Crippen LogP contribution >= 0.6 is 0 Å². The van der Waals surface area contributed by atoms with Crippen molar-refractivity contribution in [2.45, 2.75) is 19.4 Å². The Morgan fingerprint density at radius 2 is 1.89 bits per heavy atom. The number of H-pyrrole nitrogens is 1. The van der Waals surface area contributed by atoms with Crippen LogP contribution in [0.1, 0.15) is 12.8 Å². The summed E-state index contributed by atoms with van der Waals surface area (Å²) in [5.41, 5.74) is -0.656. The molecule has 1 aromatic heterocycles. The van der Waals surface area contributed by atoms with Crippen LogP contribution in [0.5, 0.6) is 0 Å². The van der Waals surface area contributed by atoms with E-state index in [4.69, 9.17) is 5.11 Å². The number of carbonyl (C=O) groups is 1. The first-order valence-electron chi connectivity index (χ1n) is 5.53. The molecule has 0 aliphatic rings. The minimum absolute atomic E-state index is 0.0404. The molecule has 1 heterocycles. The molecule has 2 N–H and O–H groups in total. The van der Waals surface area contributed by atoms with Crippen molar-refractivity contribution in [3.05, 3.63) is 45.0 Å². The quantitative estimate of drug-likeness (QED) is 0.826. The molecule has 0 unspecified atom stereocenters. The van der Waals surface area contributed by atoms with E-state index in [2.05, 4.69) is 5.10 Å². The maximum Gasteiger partial charge on any atom is 0.303 e. The van der Waals surface area contributed by atoms with Crippen molar-refractivity contribution >= 4 is 16.7 Å². The summed E-state index contributed by atoms with van der Waals surface area (Å²) >= 11 is 0. The molecule has 0 saturated heterocycles. The summed E-state index contributed by atoms with van der Waals surface area (Å²) in [7, 11) is 0. The minimum Gasteiger partial charge on any atom is -0.481 e. The van der Waals surface area contributed by atoms with Crippen molar-refractivity contribution in [2.75, 3.05) is 0 Å². The maximum absolute atomic E-state index is 12.0. The van der Waals surface area contributed by atoms with Gasteiger partial charge < -0.3 is 5.11 Å². The normalized spacial score (nSPS) is 10.7. The van der Waals surface area contributed by atoms with Crippen molar-refractivity contribution in [3.8, 4) is 0 Å². The van der Waals surface area contributed by atoms with Gasteiger partial charge in [0, 0.05) is 13.0 Å². The number of carboxylic acid groups (broad SMARTS) is 1. The van der Waals surface area contributed by atoms with Crippen LogP contribution in [0.4, 0.5) is 0 Å². The molecule has 2 rings (SSSR count). The topological polar surface area (TPSA) is 92.2 Å². The fourth-order valence-corrected chi connectivity index (χ4v) is 1.79. The van der Waals surface area contributed by atoms with E-state index in [9.17, 15) is 14.4 Å². The van der Waals surface area contributed by atoms with Crippen LogP contribution in [-0.2, 0) is 11.3 Å². The van der Waals surface area contributed by atoms with Gasteiger partial charge in [0.15, 0.2) is 0 Å². The molecule has 1 aromatic carbocycles. The third kappa shape index (κ3) is 2.32. The summed E-state index contributed by atoms with van der Waals surface area (Å²) < 4.78 is 1.16. The first kappa shape index (κ1) is 12.1. The number of aliphatic carboxylic acids is 1. The predicted octanol–water partition coefficient (Wildman–Crippen LogP) is 0.555. The third-order valence-corrected chi connectivity index (χ3v) is 2.66. The number of aromatic amines is 1. The van der Waals surface area contributed by atoms with Gasteiger partial charge in [0.2, 0.25) is 0 Å². The zero-order valence-electron chi connectivity index (χ0n) is 9.55. The number of nitrogens with zero attached hydrogens (tertiary/aromatic N) is 1. The molecule has 2 aromatic rings. The van der Waals surface area contributed by atoms with Crippen molar-refractivity contribution in [1.82, 2.24) is 9.78 Å². The second kappa shape index (κ2) is 4.87. The Kier molecular flexibility index (Phi) is 3.27. The maximum atomic E-state index is 12.0. The van der Waals surface area contributed by atoms with Gasteiger partial charge in [-0.2, -0.15) is 0 Å². The summed E-state index contributed by atoms with van der Waals surface area (Å²) in [4.78, 5) is 34.1. The lowest BCUT2D eigenvalue weighted by atomic mass is 10.2. The molecular weight excluding hydrogens is 236 g/mol. The van der Waals surface area contributed by atoms with Crippen molar-refractivity contribution in [2.24, 2.45) is 0 Å². The van der Waals surface area contributed by atoms with Gasteiger partial charge in [-0.1, -0.05) is 12.1 Å². The summed E-state index contributed by atoms with van der Waals surface area (Å²) in [6.07, 6.45) is 0.255. The fraction of sp³-hybridized carbons (Fsp3) is 0.250. The van der Waals surface area contributed by atoms with Gasteiger partial charge in [-0.25, -0.2) is 4.68 Å². The molecule has 6 nitrogen and oxygen atoms in total. The van der Waals surface area contributed by atoms with E-state index < -0.39 is 5.97 Å². The van der Waals surface area contributed by atoms with E-state index in [1.165, 1.54) is 0 Å². The minimum atomic E-state index is -0.925. The largest absolute Gasteiger partial charge is 0.481 e. The zero-order chi connectivity index (χ0) is 13.1. The Hall–Kier alpha value is -2.37. The Labute approximate surface area is 101 Å². The Morgan fingerprint density at radius 1 is 1.22 bits per heavy atom. The van der Waals surface area contributed by atoms with Gasteiger partial charge in [-0.15, -0.1) is 0 Å². The van der Waals surface area contributed by atoms with Crippen LogP contribution in [0.15, 0.2) is 33.9 Å². The Morgan fingerprint density at radius 3 is 2.56 bits per heavy atom. The average Bonchev–Trinajstić information content (AvgIpc) is 2.35. The highest BCUT2D eigenvalue weighted by atomic mass is 16.4. The highest BCUT2D eigenvalue weighted by Gasteiger charge is 2.06. The number of rotatable bonds is 4. The summed E-state index contributed by atoms with van der Waals surface area (Å²) in [6, 6.07) is 6.54. The van der Waals surface area contributed by atoms with Crippen molar-refractivity contribution in [3.63, 3.8) is 0 Å². The van der Waals surface area contributed by atoms with E-state index in [1.807, 2.05) is 0 Å². The van der Waals surface area contributed by atoms with Crippen LogP contribution in [0.3, 0.4) is 0 Å². The third-order valence-electron chi connectivity index (χ3n) is 2.66. The number of benzene rings is 1. The van der Waals surface area contributed by atoms with Gasteiger partial charge in [-0.3, -0.25) is 19.5 Å². The fourth-order valence-electron chi connectivity index (χ4n) is 1.79. The van der Waals surface area contributed by atoms with Gasteiger partial charge in [-0.05, 0) is 18.6 Å². The number of aryl methyl sites for hydroxylation is 1. The Balaban J connectivity index is 2.41. The summed E-state index contributed by atoms with van der Waals surface area (Å²) in [5, 5.41) is 11.7. The number of aromatic nitrogens is 2. The lowest BCUT2D eigenvalue weighted by Crippen LogP contribution is -2.30. The van der Waals surface area contributed by atoms with Crippen LogP contribution in [0.25, 0.3) is 10.8 Å². The van der Waals surface area contributed by atoms with Crippen molar-refractivity contribution in [1.29, 1.82) is 0 Å². The van der Waals surface area contributed by atoms with Crippen LogP contribution in [0, 0.1) is 0 Å². The molecule has 18 heavy (non-hydrogen) atoms. The predicted molar refractivity (Wildman–Crippen MR) is 65.7 cm³/mol. The monoisotopic (exact) mass is 248 g/mol. The Bertz CT molecular complexity index is 699.